The number of alkyl halides is 1. The average Bonchev–Trinajstić information content (AvgIpc) is 2.20. The molecule has 1 aliphatic carbocycles. The molecule has 3 unspecified atom stereocenters. The zero-order chi connectivity index (χ0) is 11.1. The highest BCUT2D eigenvalue weighted by molar-refractivity contribution is 14.1. The monoisotopic (exact) mass is 320 g/mol. The van der Waals surface area contributed by atoms with Gasteiger partial charge < -0.3 is 4.74 Å². The van der Waals surface area contributed by atoms with Crippen LogP contribution in [0.1, 0.15) is 39.5 Å². The van der Waals surface area contributed by atoms with E-state index in [1.54, 1.807) is 0 Å². The summed E-state index contributed by atoms with van der Waals surface area (Å²) in [4.78, 5) is 11.6. The van der Waals surface area contributed by atoms with Crippen LogP contribution in [0.5, 0.6) is 0 Å². The Kier molecular flexibility index (Phi) is 3.10. The highest BCUT2D eigenvalue weighted by Crippen LogP contribution is 2.43. The lowest BCUT2D eigenvalue weighted by molar-refractivity contribution is -0.174. The van der Waals surface area contributed by atoms with Crippen molar-refractivity contribution < 1.29 is 9.53 Å². The lowest BCUT2D eigenvalue weighted by atomic mass is 9.74. The van der Waals surface area contributed by atoms with Crippen LogP contribution in [0, 0.1) is 5.92 Å². The van der Waals surface area contributed by atoms with Crippen molar-refractivity contribution in [2.75, 3.05) is 0 Å². The number of rotatable bonds is 0. The Morgan fingerprint density at radius 3 is 2.93 bits per heavy atom. The molecule has 0 amide bonds. The number of halogens is 1. The minimum Gasteiger partial charge on any atom is -0.458 e. The normalized spacial score (nSPS) is 41.3. The molecule has 3 atom stereocenters. The molecular weight excluding hydrogens is 303 g/mol. The van der Waals surface area contributed by atoms with Crippen molar-refractivity contribution in [3.63, 3.8) is 0 Å². The molecule has 84 valence electrons. The van der Waals surface area contributed by atoms with Gasteiger partial charge in [0.15, 0.2) is 0 Å². The van der Waals surface area contributed by atoms with Gasteiger partial charge in [0.1, 0.15) is 9.53 Å². The molecule has 1 aliphatic heterocycles. The smallest absolute Gasteiger partial charge is 0.319 e. The number of carbonyl (C=O) groups excluding carboxylic acids is 1. The zero-order valence-corrected chi connectivity index (χ0v) is 11.4. The topological polar surface area (TPSA) is 26.3 Å². The van der Waals surface area contributed by atoms with Crippen LogP contribution in [0.3, 0.4) is 0 Å². The SMILES string of the molecule is CC1=CCC2(CC1)OC(=O)C(I)CC2C. The van der Waals surface area contributed by atoms with Gasteiger partial charge in [-0.3, -0.25) is 4.79 Å². The highest BCUT2D eigenvalue weighted by Gasteiger charge is 2.46. The van der Waals surface area contributed by atoms with Gasteiger partial charge in [-0.05, 0) is 32.1 Å². The molecule has 1 heterocycles. The third kappa shape index (κ3) is 2.08. The molecule has 0 aromatic carbocycles. The summed E-state index contributed by atoms with van der Waals surface area (Å²) in [5.41, 5.74) is 1.25. The van der Waals surface area contributed by atoms with Gasteiger partial charge in [-0.2, -0.15) is 0 Å². The molecule has 15 heavy (non-hydrogen) atoms. The third-order valence-corrected chi connectivity index (χ3v) is 4.77. The van der Waals surface area contributed by atoms with E-state index in [1.807, 2.05) is 0 Å². The van der Waals surface area contributed by atoms with Gasteiger partial charge in [0.05, 0.1) is 0 Å². The molecule has 2 rings (SSSR count). The first-order valence-electron chi connectivity index (χ1n) is 5.56. The Morgan fingerprint density at radius 1 is 1.60 bits per heavy atom. The Hall–Kier alpha value is -0.0600. The number of esters is 1. The second-order valence-corrected chi connectivity index (χ2v) is 6.35. The van der Waals surface area contributed by atoms with Crippen LogP contribution in [0.25, 0.3) is 0 Å². The van der Waals surface area contributed by atoms with Crippen molar-refractivity contribution >= 4 is 28.6 Å². The van der Waals surface area contributed by atoms with E-state index in [0.717, 1.165) is 25.7 Å². The van der Waals surface area contributed by atoms with E-state index < -0.39 is 0 Å². The summed E-state index contributed by atoms with van der Waals surface area (Å²) in [6.07, 6.45) is 6.19. The van der Waals surface area contributed by atoms with Crippen LogP contribution in [0.2, 0.25) is 0 Å². The summed E-state index contributed by atoms with van der Waals surface area (Å²) in [6.45, 7) is 4.37. The number of hydrogen-bond donors (Lipinski definition) is 0. The summed E-state index contributed by atoms with van der Waals surface area (Å²) >= 11 is 2.19. The second kappa shape index (κ2) is 4.07. The van der Waals surface area contributed by atoms with Crippen molar-refractivity contribution in [1.82, 2.24) is 0 Å². The first kappa shape index (κ1) is 11.4. The molecule has 0 aromatic rings. The number of hydrogen-bond acceptors (Lipinski definition) is 2. The number of allylic oxidation sites excluding steroid dienone is 1. The van der Waals surface area contributed by atoms with Gasteiger partial charge in [-0.15, -0.1) is 0 Å². The summed E-state index contributed by atoms with van der Waals surface area (Å²) < 4.78 is 5.75. The predicted molar refractivity (Wildman–Crippen MR) is 68.0 cm³/mol. The maximum absolute atomic E-state index is 11.6. The minimum atomic E-state index is -0.182. The molecule has 0 aromatic heterocycles. The fourth-order valence-electron chi connectivity index (χ4n) is 2.49. The summed E-state index contributed by atoms with van der Waals surface area (Å²) in [5.74, 6) is 0.475. The second-order valence-electron chi connectivity index (χ2n) is 4.84. The van der Waals surface area contributed by atoms with Crippen LogP contribution >= 0.6 is 22.6 Å². The predicted octanol–water partition coefficient (Wildman–Crippen LogP) is 3.24. The van der Waals surface area contributed by atoms with E-state index in [9.17, 15) is 4.79 Å². The molecule has 1 spiro atoms. The van der Waals surface area contributed by atoms with Gasteiger partial charge in [0.25, 0.3) is 0 Å². The number of carbonyl (C=O) groups is 1. The van der Waals surface area contributed by atoms with Crippen LogP contribution in [-0.2, 0) is 9.53 Å². The zero-order valence-electron chi connectivity index (χ0n) is 9.25. The summed E-state index contributed by atoms with van der Waals surface area (Å²) in [5, 5.41) is 0. The average molecular weight is 320 g/mol. The standard InChI is InChI=1S/C12H17IO2/c1-8-3-5-12(6-4-8)9(2)7-10(13)11(14)15-12/h3,9-10H,4-7H2,1-2H3. The molecular formula is C12H17IO2. The molecule has 1 fully saturated rings. The van der Waals surface area contributed by atoms with Crippen LogP contribution in [-0.4, -0.2) is 15.5 Å². The van der Waals surface area contributed by atoms with Crippen molar-refractivity contribution in [3.8, 4) is 0 Å². The fraction of sp³-hybridized carbons (Fsp3) is 0.750. The third-order valence-electron chi connectivity index (χ3n) is 3.76. The van der Waals surface area contributed by atoms with E-state index in [4.69, 9.17) is 4.74 Å². The number of ether oxygens (including phenoxy) is 1. The van der Waals surface area contributed by atoms with Crippen LogP contribution in [0.15, 0.2) is 11.6 Å². The van der Waals surface area contributed by atoms with Crippen molar-refractivity contribution in [3.05, 3.63) is 11.6 Å². The van der Waals surface area contributed by atoms with Gasteiger partial charge in [0, 0.05) is 6.42 Å². The van der Waals surface area contributed by atoms with E-state index >= 15 is 0 Å². The Morgan fingerprint density at radius 2 is 2.33 bits per heavy atom. The van der Waals surface area contributed by atoms with Gasteiger partial charge in [-0.1, -0.05) is 41.2 Å². The van der Waals surface area contributed by atoms with Gasteiger partial charge in [0.2, 0.25) is 0 Å². The van der Waals surface area contributed by atoms with E-state index in [0.29, 0.717) is 5.92 Å². The Labute approximate surface area is 105 Å². The largest absolute Gasteiger partial charge is 0.458 e. The fourth-order valence-corrected chi connectivity index (χ4v) is 3.38. The summed E-state index contributed by atoms with van der Waals surface area (Å²) in [7, 11) is 0. The minimum absolute atomic E-state index is 0.0124. The molecule has 3 heteroatoms. The maximum Gasteiger partial charge on any atom is 0.319 e. The van der Waals surface area contributed by atoms with Crippen molar-refractivity contribution in [1.29, 1.82) is 0 Å². The van der Waals surface area contributed by atoms with Crippen LogP contribution in [0.4, 0.5) is 0 Å². The molecule has 0 bridgehead atoms. The molecule has 2 nitrogen and oxygen atoms in total. The molecule has 0 N–H and O–H groups in total. The van der Waals surface area contributed by atoms with E-state index in [-0.39, 0.29) is 15.5 Å². The first-order chi connectivity index (χ1) is 7.03. The Balaban J connectivity index is 2.18. The quantitative estimate of drug-likeness (QED) is 0.296. The van der Waals surface area contributed by atoms with E-state index in [1.165, 1.54) is 5.57 Å². The van der Waals surface area contributed by atoms with Gasteiger partial charge in [-0.25, -0.2) is 0 Å². The lowest BCUT2D eigenvalue weighted by Gasteiger charge is -2.44. The molecule has 0 saturated carbocycles. The first-order valence-corrected chi connectivity index (χ1v) is 6.81. The van der Waals surface area contributed by atoms with Crippen molar-refractivity contribution in [2.24, 2.45) is 5.92 Å². The van der Waals surface area contributed by atoms with Crippen LogP contribution < -0.4 is 0 Å². The molecule has 1 saturated heterocycles. The summed E-state index contributed by atoms with van der Waals surface area (Å²) in [6, 6.07) is 0. The maximum atomic E-state index is 11.6. The molecule has 0 radical (unpaired) electrons. The van der Waals surface area contributed by atoms with Gasteiger partial charge >= 0.3 is 5.97 Å². The van der Waals surface area contributed by atoms with Crippen molar-refractivity contribution in [2.45, 2.75) is 49.1 Å². The van der Waals surface area contributed by atoms with E-state index in [2.05, 4.69) is 42.5 Å². The lowest BCUT2D eigenvalue weighted by Crippen LogP contribution is -2.49. The molecule has 2 aliphatic rings. The Bertz CT molecular complexity index is 311. The highest BCUT2D eigenvalue weighted by atomic mass is 127.